The minimum atomic E-state index is -0.435. The van der Waals surface area contributed by atoms with Crippen molar-refractivity contribution in [2.24, 2.45) is 0 Å². The summed E-state index contributed by atoms with van der Waals surface area (Å²) in [6, 6.07) is 7.76. The van der Waals surface area contributed by atoms with E-state index in [2.05, 4.69) is 20.2 Å². The molecule has 27 heavy (non-hydrogen) atoms. The van der Waals surface area contributed by atoms with Gasteiger partial charge in [-0.2, -0.15) is 0 Å². The SMILES string of the molecule is Cc1ccc(-c2ncc(C(=O)N[C@H]3COC[C@@H]3N3CCCC3)c(=O)[nH]2)cc1. The van der Waals surface area contributed by atoms with E-state index in [4.69, 9.17) is 4.74 Å². The number of benzene rings is 1. The molecule has 7 heteroatoms. The number of aromatic nitrogens is 2. The molecule has 2 aliphatic rings. The summed E-state index contributed by atoms with van der Waals surface area (Å²) in [6.07, 6.45) is 3.71. The van der Waals surface area contributed by atoms with Crippen LogP contribution in [0, 0.1) is 6.92 Å². The summed E-state index contributed by atoms with van der Waals surface area (Å²) in [6.45, 7) is 5.16. The van der Waals surface area contributed by atoms with Crippen LogP contribution < -0.4 is 10.9 Å². The highest BCUT2D eigenvalue weighted by molar-refractivity contribution is 5.93. The minimum absolute atomic E-state index is 0.0259. The smallest absolute Gasteiger partial charge is 0.264 e. The van der Waals surface area contributed by atoms with Gasteiger partial charge in [0.1, 0.15) is 11.4 Å². The molecule has 0 radical (unpaired) electrons. The molecule has 1 aromatic carbocycles. The molecule has 0 unspecified atom stereocenters. The molecule has 0 saturated carbocycles. The van der Waals surface area contributed by atoms with Crippen LogP contribution in [0.15, 0.2) is 35.3 Å². The average molecular weight is 368 g/mol. The first-order chi connectivity index (χ1) is 13.1. The van der Waals surface area contributed by atoms with Crippen molar-refractivity contribution in [1.29, 1.82) is 0 Å². The fraction of sp³-hybridized carbons (Fsp3) is 0.450. The van der Waals surface area contributed by atoms with Crippen LogP contribution in [0.1, 0.15) is 28.8 Å². The van der Waals surface area contributed by atoms with Crippen molar-refractivity contribution in [2.45, 2.75) is 31.8 Å². The summed E-state index contributed by atoms with van der Waals surface area (Å²) < 4.78 is 5.58. The Morgan fingerprint density at radius 2 is 1.96 bits per heavy atom. The largest absolute Gasteiger partial charge is 0.378 e. The van der Waals surface area contributed by atoms with E-state index >= 15 is 0 Å². The highest BCUT2D eigenvalue weighted by atomic mass is 16.5. The van der Waals surface area contributed by atoms with Crippen LogP contribution >= 0.6 is 0 Å². The number of hydrogen-bond donors (Lipinski definition) is 2. The third-order valence-corrected chi connectivity index (χ3v) is 5.35. The summed E-state index contributed by atoms with van der Waals surface area (Å²) in [7, 11) is 0. The molecule has 1 amide bonds. The van der Waals surface area contributed by atoms with E-state index in [1.807, 2.05) is 31.2 Å². The van der Waals surface area contributed by atoms with Gasteiger partial charge in [-0.1, -0.05) is 29.8 Å². The van der Waals surface area contributed by atoms with Crippen LogP contribution in [0.3, 0.4) is 0 Å². The van der Waals surface area contributed by atoms with E-state index in [0.29, 0.717) is 19.0 Å². The molecule has 2 fully saturated rings. The molecule has 0 spiro atoms. The van der Waals surface area contributed by atoms with E-state index in [1.165, 1.54) is 19.0 Å². The highest BCUT2D eigenvalue weighted by Crippen LogP contribution is 2.19. The number of hydrogen-bond acceptors (Lipinski definition) is 5. The summed E-state index contributed by atoms with van der Waals surface area (Å²) in [5.74, 6) is 0.0506. The summed E-state index contributed by atoms with van der Waals surface area (Å²) in [4.78, 5) is 34.4. The third kappa shape index (κ3) is 3.79. The Kier molecular flexibility index (Phi) is 5.05. The molecule has 3 heterocycles. The number of ether oxygens (including phenoxy) is 1. The molecule has 2 saturated heterocycles. The monoisotopic (exact) mass is 368 g/mol. The number of aryl methyl sites for hydroxylation is 1. The molecule has 0 bridgehead atoms. The van der Waals surface area contributed by atoms with Crippen LogP contribution in [0.5, 0.6) is 0 Å². The lowest BCUT2D eigenvalue weighted by molar-refractivity contribution is 0.0914. The van der Waals surface area contributed by atoms with Gasteiger partial charge in [-0.15, -0.1) is 0 Å². The summed E-state index contributed by atoms with van der Waals surface area (Å²) in [5.41, 5.74) is 1.53. The fourth-order valence-corrected chi connectivity index (χ4v) is 3.77. The molecular weight excluding hydrogens is 344 g/mol. The topological polar surface area (TPSA) is 87.3 Å². The summed E-state index contributed by atoms with van der Waals surface area (Å²) >= 11 is 0. The Labute approximate surface area is 157 Å². The van der Waals surface area contributed by atoms with E-state index in [1.54, 1.807) is 0 Å². The number of nitrogens with one attached hydrogen (secondary N) is 2. The maximum atomic E-state index is 12.6. The predicted molar refractivity (Wildman–Crippen MR) is 102 cm³/mol. The molecule has 2 atom stereocenters. The normalized spacial score (nSPS) is 22.9. The van der Waals surface area contributed by atoms with Crippen LogP contribution in [0.4, 0.5) is 0 Å². The number of nitrogens with zero attached hydrogens (tertiary/aromatic N) is 2. The Hall–Kier alpha value is -2.51. The van der Waals surface area contributed by atoms with Crippen molar-refractivity contribution in [3.8, 4) is 11.4 Å². The maximum Gasteiger partial charge on any atom is 0.264 e. The third-order valence-electron chi connectivity index (χ3n) is 5.35. The van der Waals surface area contributed by atoms with E-state index < -0.39 is 11.5 Å². The number of likely N-dealkylation sites (tertiary alicyclic amines) is 1. The lowest BCUT2D eigenvalue weighted by Gasteiger charge is -2.27. The quantitative estimate of drug-likeness (QED) is 0.850. The molecule has 2 aromatic rings. The first-order valence-electron chi connectivity index (χ1n) is 9.41. The average Bonchev–Trinajstić information content (AvgIpc) is 3.33. The minimum Gasteiger partial charge on any atom is -0.378 e. The highest BCUT2D eigenvalue weighted by Gasteiger charge is 2.35. The lowest BCUT2D eigenvalue weighted by atomic mass is 10.1. The Bertz CT molecular complexity index is 872. The molecule has 1 aromatic heterocycles. The van der Waals surface area contributed by atoms with Gasteiger partial charge in [0.15, 0.2) is 0 Å². The first kappa shape index (κ1) is 17.9. The van der Waals surface area contributed by atoms with Crippen molar-refractivity contribution in [3.63, 3.8) is 0 Å². The van der Waals surface area contributed by atoms with Gasteiger partial charge in [-0.05, 0) is 32.9 Å². The number of rotatable bonds is 4. The van der Waals surface area contributed by atoms with E-state index in [0.717, 1.165) is 24.2 Å². The van der Waals surface area contributed by atoms with Gasteiger partial charge in [0.05, 0.1) is 25.3 Å². The zero-order chi connectivity index (χ0) is 18.8. The van der Waals surface area contributed by atoms with Crippen LogP contribution in [-0.4, -0.2) is 59.2 Å². The second kappa shape index (κ2) is 7.62. The number of carbonyl (C=O) groups is 1. The van der Waals surface area contributed by atoms with Crippen molar-refractivity contribution in [1.82, 2.24) is 20.2 Å². The molecule has 7 nitrogen and oxygen atoms in total. The Morgan fingerprint density at radius 1 is 1.22 bits per heavy atom. The van der Waals surface area contributed by atoms with Crippen molar-refractivity contribution in [2.75, 3.05) is 26.3 Å². The first-order valence-corrected chi connectivity index (χ1v) is 9.41. The fourth-order valence-electron chi connectivity index (χ4n) is 3.77. The van der Waals surface area contributed by atoms with Gasteiger partial charge < -0.3 is 15.0 Å². The van der Waals surface area contributed by atoms with Gasteiger partial charge >= 0.3 is 0 Å². The number of aromatic amines is 1. The van der Waals surface area contributed by atoms with Crippen molar-refractivity contribution in [3.05, 3.63) is 51.9 Å². The second-order valence-corrected chi connectivity index (χ2v) is 7.27. The van der Waals surface area contributed by atoms with Gasteiger partial charge in [0.2, 0.25) is 0 Å². The molecule has 2 N–H and O–H groups in total. The molecule has 4 rings (SSSR count). The van der Waals surface area contributed by atoms with Crippen LogP contribution in [0.25, 0.3) is 11.4 Å². The van der Waals surface area contributed by atoms with Crippen LogP contribution in [-0.2, 0) is 4.74 Å². The maximum absolute atomic E-state index is 12.6. The lowest BCUT2D eigenvalue weighted by Crippen LogP contribution is -2.50. The zero-order valence-electron chi connectivity index (χ0n) is 15.4. The predicted octanol–water partition coefficient (Wildman–Crippen LogP) is 1.34. The summed E-state index contributed by atoms with van der Waals surface area (Å²) in [5, 5.41) is 2.96. The van der Waals surface area contributed by atoms with Gasteiger partial charge in [-0.3, -0.25) is 14.5 Å². The van der Waals surface area contributed by atoms with Gasteiger partial charge in [-0.25, -0.2) is 4.98 Å². The molecule has 142 valence electrons. The second-order valence-electron chi connectivity index (χ2n) is 7.27. The standard InChI is InChI=1S/C20H24N4O3/c1-13-4-6-14(7-5-13)18-21-10-15(20(26)23-18)19(25)22-16-11-27-12-17(16)24-8-2-3-9-24/h4-7,10,16-17H,2-3,8-9,11-12H2,1H3,(H,22,25)(H,21,23,26)/t16-,17-/m0/s1. The Balaban J connectivity index is 1.48. The van der Waals surface area contributed by atoms with E-state index in [-0.39, 0.29) is 17.6 Å². The van der Waals surface area contributed by atoms with Crippen LogP contribution in [0.2, 0.25) is 0 Å². The van der Waals surface area contributed by atoms with Gasteiger partial charge in [0, 0.05) is 11.8 Å². The molecule has 0 aliphatic carbocycles. The number of amides is 1. The van der Waals surface area contributed by atoms with E-state index in [9.17, 15) is 9.59 Å². The zero-order valence-corrected chi connectivity index (χ0v) is 15.4. The van der Waals surface area contributed by atoms with Gasteiger partial charge in [0.25, 0.3) is 11.5 Å². The van der Waals surface area contributed by atoms with Crippen molar-refractivity contribution >= 4 is 5.91 Å². The molecular formula is C20H24N4O3. The van der Waals surface area contributed by atoms with Crippen molar-refractivity contribution < 1.29 is 9.53 Å². The Morgan fingerprint density at radius 3 is 2.67 bits per heavy atom. The number of carbonyl (C=O) groups excluding carboxylic acids is 1. The number of H-pyrrole nitrogens is 1. The molecule has 2 aliphatic heterocycles.